The molecule has 0 heterocycles. The van der Waals surface area contributed by atoms with E-state index < -0.39 is 0 Å². The number of phenolic OH excluding ortho intramolecular Hbond substituents is 1. The van der Waals surface area contributed by atoms with Crippen LogP contribution in [0.25, 0.3) is 10.8 Å². The fourth-order valence-corrected chi connectivity index (χ4v) is 2.67. The van der Waals surface area contributed by atoms with E-state index in [1.54, 1.807) is 6.07 Å². The van der Waals surface area contributed by atoms with Crippen molar-refractivity contribution < 1.29 is 9.90 Å². The van der Waals surface area contributed by atoms with Crippen molar-refractivity contribution in [1.82, 2.24) is 5.32 Å². The van der Waals surface area contributed by atoms with Gasteiger partial charge in [0.05, 0.1) is 5.56 Å². The monoisotopic (exact) mass is 383 g/mol. The van der Waals surface area contributed by atoms with E-state index in [1.807, 2.05) is 30.3 Å². The Bertz CT molecular complexity index is 598. The molecule has 0 aliphatic carbocycles. The van der Waals surface area contributed by atoms with Crippen LogP contribution < -0.4 is 5.32 Å². The van der Waals surface area contributed by atoms with E-state index in [4.69, 9.17) is 0 Å². The minimum atomic E-state index is -0.206. The molecule has 0 saturated carbocycles. The van der Waals surface area contributed by atoms with Gasteiger partial charge in [0.1, 0.15) is 5.75 Å². The quantitative estimate of drug-likeness (QED) is 0.452. The van der Waals surface area contributed by atoms with Crippen molar-refractivity contribution in [3.05, 3.63) is 42.0 Å². The highest BCUT2D eigenvalue weighted by molar-refractivity contribution is 14.1. The molecular weight excluding hydrogens is 365 g/mol. The first kappa shape index (κ1) is 15.1. The predicted octanol–water partition coefficient (Wildman–Crippen LogP) is 3.88. The molecule has 20 heavy (non-hydrogen) atoms. The van der Waals surface area contributed by atoms with Crippen LogP contribution in [-0.4, -0.2) is 22.0 Å². The third kappa shape index (κ3) is 3.62. The number of hydrogen-bond acceptors (Lipinski definition) is 2. The number of nitrogens with one attached hydrogen (secondary N) is 1. The van der Waals surface area contributed by atoms with E-state index in [2.05, 4.69) is 27.9 Å². The number of halogens is 1. The molecule has 106 valence electrons. The second-order valence-electron chi connectivity index (χ2n) is 4.69. The second kappa shape index (κ2) is 7.47. The Morgan fingerprint density at radius 1 is 1.10 bits per heavy atom. The summed E-state index contributed by atoms with van der Waals surface area (Å²) in [5.74, 6) is -0.143. The SMILES string of the molecule is O=C(NCCCCCI)c1ccc2ccccc2c1O. The molecule has 3 nitrogen and oxygen atoms in total. The number of unbranched alkanes of at least 4 members (excludes halogenated alkanes) is 2. The number of aromatic hydroxyl groups is 1. The van der Waals surface area contributed by atoms with Gasteiger partial charge in [-0.15, -0.1) is 0 Å². The molecule has 2 N–H and O–H groups in total. The first-order valence-corrected chi connectivity index (χ1v) is 8.31. The lowest BCUT2D eigenvalue weighted by atomic mass is 10.0. The fraction of sp³-hybridized carbons (Fsp3) is 0.312. The number of carbonyl (C=O) groups excluding carboxylic acids is 1. The zero-order valence-electron chi connectivity index (χ0n) is 11.2. The molecule has 4 heteroatoms. The van der Waals surface area contributed by atoms with Crippen LogP contribution in [0.5, 0.6) is 5.75 Å². The zero-order valence-corrected chi connectivity index (χ0v) is 13.4. The molecule has 1 amide bonds. The lowest BCUT2D eigenvalue weighted by molar-refractivity contribution is 0.0950. The maximum atomic E-state index is 12.1. The van der Waals surface area contributed by atoms with E-state index >= 15 is 0 Å². The van der Waals surface area contributed by atoms with Crippen LogP contribution in [0.3, 0.4) is 0 Å². The largest absolute Gasteiger partial charge is 0.506 e. The van der Waals surface area contributed by atoms with Gasteiger partial charge in [0.25, 0.3) is 5.91 Å². The van der Waals surface area contributed by atoms with Crippen molar-refractivity contribution in [3.63, 3.8) is 0 Å². The molecule has 0 spiro atoms. The van der Waals surface area contributed by atoms with Crippen molar-refractivity contribution in [2.75, 3.05) is 11.0 Å². The highest BCUT2D eigenvalue weighted by Crippen LogP contribution is 2.28. The Labute approximate surface area is 132 Å². The lowest BCUT2D eigenvalue weighted by Gasteiger charge is -2.09. The summed E-state index contributed by atoms with van der Waals surface area (Å²) in [6, 6.07) is 11.0. The Hall–Kier alpha value is -1.30. The fourth-order valence-electron chi connectivity index (χ4n) is 2.13. The Morgan fingerprint density at radius 2 is 1.90 bits per heavy atom. The highest BCUT2D eigenvalue weighted by atomic mass is 127. The van der Waals surface area contributed by atoms with Gasteiger partial charge < -0.3 is 10.4 Å². The molecular formula is C16H18INO2. The van der Waals surface area contributed by atoms with Crippen molar-refractivity contribution in [1.29, 1.82) is 0 Å². The number of rotatable bonds is 6. The molecule has 2 rings (SSSR count). The number of benzene rings is 2. The number of alkyl halides is 1. The average molecular weight is 383 g/mol. The molecule has 0 saturated heterocycles. The van der Waals surface area contributed by atoms with Crippen LogP contribution in [-0.2, 0) is 0 Å². The molecule has 2 aromatic carbocycles. The van der Waals surface area contributed by atoms with E-state index in [1.165, 1.54) is 6.42 Å². The van der Waals surface area contributed by atoms with E-state index in [9.17, 15) is 9.90 Å². The summed E-state index contributed by atoms with van der Waals surface area (Å²) >= 11 is 2.35. The van der Waals surface area contributed by atoms with Gasteiger partial charge in [-0.25, -0.2) is 0 Å². The lowest BCUT2D eigenvalue weighted by Crippen LogP contribution is -2.24. The molecule has 0 aromatic heterocycles. The topological polar surface area (TPSA) is 49.3 Å². The van der Waals surface area contributed by atoms with Gasteiger partial charge >= 0.3 is 0 Å². The maximum absolute atomic E-state index is 12.1. The minimum absolute atomic E-state index is 0.0628. The van der Waals surface area contributed by atoms with Gasteiger partial charge in [-0.05, 0) is 28.7 Å². The van der Waals surface area contributed by atoms with Crippen LogP contribution in [0.4, 0.5) is 0 Å². The molecule has 0 aliphatic heterocycles. The van der Waals surface area contributed by atoms with Crippen LogP contribution in [0.2, 0.25) is 0 Å². The molecule has 2 aromatic rings. The number of fused-ring (bicyclic) bond motifs is 1. The van der Waals surface area contributed by atoms with E-state index in [0.717, 1.165) is 22.7 Å². The summed E-state index contributed by atoms with van der Waals surface area (Å²) < 4.78 is 1.15. The third-order valence-electron chi connectivity index (χ3n) is 3.24. The summed E-state index contributed by atoms with van der Waals surface area (Å²) in [6.45, 7) is 0.655. The Morgan fingerprint density at radius 3 is 2.70 bits per heavy atom. The molecule has 0 bridgehead atoms. The smallest absolute Gasteiger partial charge is 0.255 e. The molecule has 0 atom stereocenters. The van der Waals surface area contributed by atoms with Crippen LogP contribution >= 0.6 is 22.6 Å². The van der Waals surface area contributed by atoms with Gasteiger partial charge in [-0.2, -0.15) is 0 Å². The Balaban J connectivity index is 2.05. The number of hydrogen-bond donors (Lipinski definition) is 2. The first-order chi connectivity index (χ1) is 9.74. The van der Waals surface area contributed by atoms with Gasteiger partial charge in [0, 0.05) is 11.9 Å². The van der Waals surface area contributed by atoms with Gasteiger partial charge in [0.15, 0.2) is 0 Å². The average Bonchev–Trinajstić information content (AvgIpc) is 2.47. The highest BCUT2D eigenvalue weighted by Gasteiger charge is 2.12. The van der Waals surface area contributed by atoms with Crippen molar-refractivity contribution >= 4 is 39.3 Å². The van der Waals surface area contributed by atoms with Gasteiger partial charge in [-0.1, -0.05) is 59.3 Å². The van der Waals surface area contributed by atoms with Crippen LogP contribution in [0.1, 0.15) is 29.6 Å². The van der Waals surface area contributed by atoms with Crippen molar-refractivity contribution in [2.24, 2.45) is 0 Å². The number of phenols is 1. The maximum Gasteiger partial charge on any atom is 0.255 e. The van der Waals surface area contributed by atoms with Crippen LogP contribution in [0, 0.1) is 0 Å². The summed E-state index contributed by atoms with van der Waals surface area (Å²) in [6.07, 6.45) is 3.27. The molecule has 0 unspecified atom stereocenters. The van der Waals surface area contributed by atoms with E-state index in [0.29, 0.717) is 17.5 Å². The van der Waals surface area contributed by atoms with Crippen LogP contribution in [0.15, 0.2) is 36.4 Å². The summed E-state index contributed by atoms with van der Waals surface area (Å²) in [7, 11) is 0. The Kier molecular flexibility index (Phi) is 5.64. The summed E-state index contributed by atoms with van der Waals surface area (Å²) in [4.78, 5) is 12.1. The molecule has 0 fully saturated rings. The van der Waals surface area contributed by atoms with Crippen molar-refractivity contribution in [2.45, 2.75) is 19.3 Å². The summed E-state index contributed by atoms with van der Waals surface area (Å²) in [5.41, 5.74) is 0.345. The minimum Gasteiger partial charge on any atom is -0.506 e. The standard InChI is InChI=1S/C16H18INO2/c17-10-4-1-5-11-18-16(20)14-9-8-12-6-2-3-7-13(12)15(14)19/h2-3,6-9,19H,1,4-5,10-11H2,(H,18,20). The van der Waals surface area contributed by atoms with E-state index in [-0.39, 0.29) is 11.7 Å². The molecule has 0 aliphatic rings. The van der Waals surface area contributed by atoms with Gasteiger partial charge in [0.2, 0.25) is 0 Å². The third-order valence-corrected chi connectivity index (χ3v) is 4.00. The molecule has 0 radical (unpaired) electrons. The second-order valence-corrected chi connectivity index (χ2v) is 5.77. The summed E-state index contributed by atoms with van der Waals surface area (Å²) in [5, 5.41) is 14.7. The number of amides is 1. The normalized spacial score (nSPS) is 10.7. The van der Waals surface area contributed by atoms with Crippen molar-refractivity contribution in [3.8, 4) is 5.75 Å². The zero-order chi connectivity index (χ0) is 14.4. The number of carbonyl (C=O) groups is 1. The first-order valence-electron chi connectivity index (χ1n) is 6.79. The van der Waals surface area contributed by atoms with Gasteiger partial charge in [-0.3, -0.25) is 4.79 Å². The predicted molar refractivity (Wildman–Crippen MR) is 90.7 cm³/mol.